The van der Waals surface area contributed by atoms with Gasteiger partial charge in [-0.05, 0) is 53.0 Å². The first-order valence-electron chi connectivity index (χ1n) is 5.37. The van der Waals surface area contributed by atoms with Crippen molar-refractivity contribution in [2.24, 2.45) is 7.05 Å². The normalized spacial score (nSPS) is 10.6. The van der Waals surface area contributed by atoms with Crippen molar-refractivity contribution >= 4 is 15.9 Å². The van der Waals surface area contributed by atoms with Crippen LogP contribution in [0.25, 0.3) is 11.3 Å². The van der Waals surface area contributed by atoms with Crippen LogP contribution in [0.2, 0.25) is 0 Å². The highest BCUT2D eigenvalue weighted by molar-refractivity contribution is 9.10. The highest BCUT2D eigenvalue weighted by Gasteiger charge is 2.12. The van der Waals surface area contributed by atoms with Crippen molar-refractivity contribution < 1.29 is 4.74 Å². The average molecular weight is 295 g/mol. The van der Waals surface area contributed by atoms with E-state index in [-0.39, 0.29) is 0 Å². The number of halogens is 1. The molecule has 2 rings (SSSR count). The smallest absolute Gasteiger partial charge is 0.132 e. The van der Waals surface area contributed by atoms with Gasteiger partial charge in [-0.25, -0.2) is 4.98 Å². The SMILES string of the molecule is COc1c(C)cc(-c2c(Br)ncn2C)cc1C. The Labute approximate surface area is 110 Å². The molecule has 0 saturated carbocycles. The lowest BCUT2D eigenvalue weighted by molar-refractivity contribution is 0.408. The van der Waals surface area contributed by atoms with Gasteiger partial charge in [0.05, 0.1) is 19.1 Å². The quantitative estimate of drug-likeness (QED) is 0.848. The number of aryl methyl sites for hydroxylation is 3. The summed E-state index contributed by atoms with van der Waals surface area (Å²) >= 11 is 3.48. The molecule has 4 heteroatoms. The van der Waals surface area contributed by atoms with Gasteiger partial charge < -0.3 is 9.30 Å². The molecule has 1 aromatic carbocycles. The zero-order chi connectivity index (χ0) is 12.6. The summed E-state index contributed by atoms with van der Waals surface area (Å²) in [4.78, 5) is 4.24. The summed E-state index contributed by atoms with van der Waals surface area (Å²) in [5.41, 5.74) is 4.50. The molecule has 1 aromatic heterocycles. The van der Waals surface area contributed by atoms with E-state index in [2.05, 4.69) is 46.9 Å². The van der Waals surface area contributed by atoms with Gasteiger partial charge in [0.25, 0.3) is 0 Å². The highest BCUT2D eigenvalue weighted by Crippen LogP contribution is 2.32. The summed E-state index contributed by atoms with van der Waals surface area (Å²) < 4.78 is 8.24. The average Bonchev–Trinajstić information content (AvgIpc) is 2.58. The predicted molar refractivity (Wildman–Crippen MR) is 72.4 cm³/mol. The maximum atomic E-state index is 5.37. The third-order valence-electron chi connectivity index (χ3n) is 2.83. The molecule has 0 radical (unpaired) electrons. The number of aromatic nitrogens is 2. The number of nitrogens with zero attached hydrogens (tertiary/aromatic N) is 2. The Morgan fingerprint density at radius 3 is 2.24 bits per heavy atom. The molecule has 0 spiro atoms. The van der Waals surface area contributed by atoms with Gasteiger partial charge in [-0.1, -0.05) is 0 Å². The fourth-order valence-electron chi connectivity index (χ4n) is 2.13. The third kappa shape index (κ3) is 2.09. The van der Waals surface area contributed by atoms with Crippen LogP contribution in [-0.2, 0) is 7.05 Å². The third-order valence-corrected chi connectivity index (χ3v) is 3.41. The largest absolute Gasteiger partial charge is 0.496 e. The Morgan fingerprint density at radius 1 is 1.24 bits per heavy atom. The van der Waals surface area contributed by atoms with Gasteiger partial charge in [0.2, 0.25) is 0 Å². The lowest BCUT2D eigenvalue weighted by Gasteiger charge is -2.12. The summed E-state index contributed by atoms with van der Waals surface area (Å²) in [7, 11) is 3.69. The molecule has 0 aliphatic rings. The van der Waals surface area contributed by atoms with Crippen molar-refractivity contribution in [2.75, 3.05) is 7.11 Å². The number of methoxy groups -OCH3 is 1. The van der Waals surface area contributed by atoms with Gasteiger partial charge in [0.1, 0.15) is 10.4 Å². The minimum Gasteiger partial charge on any atom is -0.496 e. The Kier molecular flexibility index (Phi) is 3.24. The number of rotatable bonds is 2. The van der Waals surface area contributed by atoms with Crippen LogP contribution in [0.5, 0.6) is 5.75 Å². The van der Waals surface area contributed by atoms with Gasteiger partial charge in [0.15, 0.2) is 0 Å². The molecule has 17 heavy (non-hydrogen) atoms. The fourth-order valence-corrected chi connectivity index (χ4v) is 2.73. The number of ether oxygens (including phenoxy) is 1. The van der Waals surface area contributed by atoms with Crippen LogP contribution in [0.1, 0.15) is 11.1 Å². The van der Waals surface area contributed by atoms with E-state index >= 15 is 0 Å². The van der Waals surface area contributed by atoms with Crippen LogP contribution in [0.3, 0.4) is 0 Å². The van der Waals surface area contributed by atoms with Crippen molar-refractivity contribution in [1.29, 1.82) is 0 Å². The monoisotopic (exact) mass is 294 g/mol. The Hall–Kier alpha value is -1.29. The Morgan fingerprint density at radius 2 is 1.82 bits per heavy atom. The molecule has 0 saturated heterocycles. The molecular weight excluding hydrogens is 280 g/mol. The van der Waals surface area contributed by atoms with E-state index < -0.39 is 0 Å². The minimum atomic E-state index is 0.865. The Balaban J connectivity index is 2.62. The molecule has 0 aliphatic heterocycles. The van der Waals surface area contributed by atoms with E-state index in [9.17, 15) is 0 Å². The van der Waals surface area contributed by atoms with Crippen LogP contribution < -0.4 is 4.74 Å². The van der Waals surface area contributed by atoms with Crippen molar-refractivity contribution in [1.82, 2.24) is 9.55 Å². The minimum absolute atomic E-state index is 0.865. The molecular formula is C13H15BrN2O. The first-order valence-corrected chi connectivity index (χ1v) is 6.16. The van der Waals surface area contributed by atoms with Crippen LogP contribution in [0.15, 0.2) is 23.1 Å². The first kappa shape index (κ1) is 12.2. The van der Waals surface area contributed by atoms with Gasteiger partial charge in [-0.3, -0.25) is 0 Å². The number of hydrogen-bond donors (Lipinski definition) is 0. The molecule has 3 nitrogen and oxygen atoms in total. The lowest BCUT2D eigenvalue weighted by Crippen LogP contribution is -1.95. The molecule has 0 N–H and O–H groups in total. The standard InChI is InChI=1S/C13H15BrN2O/c1-8-5-10(6-9(2)12(8)17-4)11-13(14)15-7-16(11)3/h5-7H,1-4H3. The number of hydrogen-bond acceptors (Lipinski definition) is 2. The van der Waals surface area contributed by atoms with Crippen molar-refractivity contribution in [3.63, 3.8) is 0 Å². The van der Waals surface area contributed by atoms with Crippen LogP contribution in [0, 0.1) is 13.8 Å². The van der Waals surface area contributed by atoms with Crippen LogP contribution >= 0.6 is 15.9 Å². The van der Waals surface area contributed by atoms with Crippen molar-refractivity contribution in [2.45, 2.75) is 13.8 Å². The Bertz CT molecular complexity index is 518. The van der Waals surface area contributed by atoms with E-state index in [4.69, 9.17) is 4.74 Å². The predicted octanol–water partition coefficient (Wildman–Crippen LogP) is 3.48. The van der Waals surface area contributed by atoms with E-state index in [1.807, 2.05) is 11.6 Å². The zero-order valence-electron chi connectivity index (χ0n) is 10.4. The maximum Gasteiger partial charge on any atom is 0.132 e. The molecule has 0 atom stereocenters. The molecule has 2 aromatic rings. The zero-order valence-corrected chi connectivity index (χ0v) is 12.0. The highest BCUT2D eigenvalue weighted by atomic mass is 79.9. The topological polar surface area (TPSA) is 27.1 Å². The van der Waals surface area contributed by atoms with Gasteiger partial charge in [0, 0.05) is 12.6 Å². The molecule has 0 unspecified atom stereocenters. The van der Waals surface area contributed by atoms with E-state index in [1.165, 1.54) is 0 Å². The number of benzene rings is 1. The maximum absolute atomic E-state index is 5.37. The summed E-state index contributed by atoms with van der Waals surface area (Å²) in [5.74, 6) is 0.951. The molecule has 0 fully saturated rings. The molecule has 0 aliphatic carbocycles. The lowest BCUT2D eigenvalue weighted by atomic mass is 10.0. The van der Waals surface area contributed by atoms with Crippen molar-refractivity contribution in [3.8, 4) is 17.0 Å². The van der Waals surface area contributed by atoms with Gasteiger partial charge in [-0.2, -0.15) is 0 Å². The van der Waals surface area contributed by atoms with E-state index in [0.29, 0.717) is 0 Å². The van der Waals surface area contributed by atoms with Gasteiger partial charge in [-0.15, -0.1) is 0 Å². The second-order valence-electron chi connectivity index (χ2n) is 4.14. The summed E-state index contributed by atoms with van der Waals surface area (Å²) in [6.07, 6.45) is 1.80. The van der Waals surface area contributed by atoms with Gasteiger partial charge >= 0.3 is 0 Å². The fraction of sp³-hybridized carbons (Fsp3) is 0.308. The van der Waals surface area contributed by atoms with Crippen molar-refractivity contribution in [3.05, 3.63) is 34.2 Å². The van der Waals surface area contributed by atoms with Crippen LogP contribution in [0.4, 0.5) is 0 Å². The second-order valence-corrected chi connectivity index (χ2v) is 4.89. The van der Waals surface area contributed by atoms with E-state index in [0.717, 1.165) is 32.7 Å². The van der Waals surface area contributed by atoms with E-state index in [1.54, 1.807) is 13.4 Å². The molecule has 1 heterocycles. The first-order chi connectivity index (χ1) is 8.04. The summed E-state index contributed by atoms with van der Waals surface area (Å²) in [6.45, 7) is 4.11. The number of imidazole rings is 1. The molecule has 90 valence electrons. The summed E-state index contributed by atoms with van der Waals surface area (Å²) in [5, 5.41) is 0. The molecule has 0 bridgehead atoms. The summed E-state index contributed by atoms with van der Waals surface area (Å²) in [6, 6.07) is 4.24. The molecule has 0 amide bonds. The second kappa shape index (κ2) is 4.53. The van der Waals surface area contributed by atoms with Crippen LogP contribution in [-0.4, -0.2) is 16.7 Å².